The smallest absolute Gasteiger partial charge is 0.314 e. The van der Waals surface area contributed by atoms with Gasteiger partial charge in [0.1, 0.15) is 12.4 Å². The molecule has 0 aromatic heterocycles. The van der Waals surface area contributed by atoms with Crippen molar-refractivity contribution in [3.8, 4) is 11.5 Å². The van der Waals surface area contributed by atoms with Crippen LogP contribution < -0.4 is 14.8 Å². The van der Waals surface area contributed by atoms with Gasteiger partial charge in [-0.3, -0.25) is 14.9 Å². The summed E-state index contributed by atoms with van der Waals surface area (Å²) in [7, 11) is 1.44. The molecule has 1 N–H and O–H groups in total. The van der Waals surface area contributed by atoms with Crippen LogP contribution in [-0.2, 0) is 6.61 Å². The summed E-state index contributed by atoms with van der Waals surface area (Å²) in [6.45, 7) is 0.133. The zero-order valence-electron chi connectivity index (χ0n) is 15.1. The molecule has 0 atom stereocenters. The predicted octanol–water partition coefficient (Wildman–Crippen LogP) is 4.43. The maximum absolute atomic E-state index is 12.3. The Bertz CT molecular complexity index is 972. The van der Waals surface area contributed by atoms with Crippen LogP contribution in [0.1, 0.15) is 15.9 Å². The van der Waals surface area contributed by atoms with Crippen molar-refractivity contribution in [3.05, 3.63) is 94.0 Å². The molecule has 0 saturated carbocycles. The van der Waals surface area contributed by atoms with Crippen molar-refractivity contribution in [1.82, 2.24) is 0 Å². The predicted molar refractivity (Wildman–Crippen MR) is 105 cm³/mol. The first-order valence-electron chi connectivity index (χ1n) is 8.47. The quantitative estimate of drug-likeness (QED) is 0.485. The molecule has 3 rings (SSSR count). The molecule has 0 saturated heterocycles. The average Bonchev–Trinajstić information content (AvgIpc) is 2.73. The minimum atomic E-state index is -0.519. The molecule has 0 fully saturated rings. The third-order valence-electron chi connectivity index (χ3n) is 4.00. The largest absolute Gasteiger partial charge is 0.496 e. The molecule has 0 aliphatic carbocycles. The summed E-state index contributed by atoms with van der Waals surface area (Å²) in [4.78, 5) is 22.9. The maximum Gasteiger partial charge on any atom is 0.314 e. The Morgan fingerprint density at radius 2 is 1.75 bits per heavy atom. The standard InChI is InChI=1S/C21H18N2O5/c1-27-18-11-12-20(19(13-18)23(25)26)28-14-15-7-9-16(10-8-15)21(24)22-17-5-3-2-4-6-17/h2-13H,14H2,1H3,(H,22,24). The molecule has 0 radical (unpaired) electrons. The monoisotopic (exact) mass is 378 g/mol. The van der Waals surface area contributed by atoms with Gasteiger partial charge in [0, 0.05) is 11.3 Å². The third kappa shape index (κ3) is 4.64. The van der Waals surface area contributed by atoms with Crippen molar-refractivity contribution in [1.29, 1.82) is 0 Å². The number of nitrogens with zero attached hydrogens (tertiary/aromatic N) is 1. The van der Waals surface area contributed by atoms with Gasteiger partial charge in [0.25, 0.3) is 5.91 Å². The van der Waals surface area contributed by atoms with Gasteiger partial charge in [-0.1, -0.05) is 30.3 Å². The van der Waals surface area contributed by atoms with E-state index in [1.165, 1.54) is 19.2 Å². The summed E-state index contributed by atoms with van der Waals surface area (Å²) in [5.74, 6) is 0.314. The van der Waals surface area contributed by atoms with Crippen LogP contribution in [-0.4, -0.2) is 17.9 Å². The molecule has 0 spiro atoms. The number of carbonyl (C=O) groups excluding carboxylic acids is 1. The molecule has 3 aromatic rings. The van der Waals surface area contributed by atoms with Gasteiger partial charge in [0.2, 0.25) is 0 Å². The number of ether oxygens (including phenoxy) is 2. The molecule has 7 heteroatoms. The normalized spacial score (nSPS) is 10.2. The maximum atomic E-state index is 12.3. The Balaban J connectivity index is 1.65. The first-order chi connectivity index (χ1) is 13.6. The van der Waals surface area contributed by atoms with E-state index >= 15 is 0 Å². The van der Waals surface area contributed by atoms with Crippen LogP contribution in [0.2, 0.25) is 0 Å². The highest BCUT2D eigenvalue weighted by Gasteiger charge is 2.16. The van der Waals surface area contributed by atoms with Crippen molar-refractivity contribution in [2.45, 2.75) is 6.61 Å². The van der Waals surface area contributed by atoms with Gasteiger partial charge < -0.3 is 14.8 Å². The Hall–Kier alpha value is -3.87. The summed E-state index contributed by atoms with van der Waals surface area (Å²) >= 11 is 0. The number of carbonyl (C=O) groups is 1. The van der Waals surface area contributed by atoms with Crippen LogP contribution in [0.15, 0.2) is 72.8 Å². The van der Waals surface area contributed by atoms with Crippen LogP contribution in [0.4, 0.5) is 11.4 Å². The van der Waals surface area contributed by atoms with Gasteiger partial charge in [-0.05, 0) is 42.0 Å². The van der Waals surface area contributed by atoms with Gasteiger partial charge >= 0.3 is 5.69 Å². The number of hydrogen-bond donors (Lipinski definition) is 1. The lowest BCUT2D eigenvalue weighted by Crippen LogP contribution is -2.11. The van der Waals surface area contributed by atoms with Crippen LogP contribution >= 0.6 is 0 Å². The van der Waals surface area contributed by atoms with Crippen molar-refractivity contribution in [2.24, 2.45) is 0 Å². The number of methoxy groups -OCH3 is 1. The van der Waals surface area contributed by atoms with Crippen molar-refractivity contribution in [2.75, 3.05) is 12.4 Å². The Morgan fingerprint density at radius 3 is 2.39 bits per heavy atom. The molecular formula is C21H18N2O5. The van der Waals surface area contributed by atoms with Crippen LogP contribution in [0.5, 0.6) is 11.5 Å². The second-order valence-electron chi connectivity index (χ2n) is 5.90. The minimum Gasteiger partial charge on any atom is -0.496 e. The number of nitro benzene ring substituents is 1. The number of hydrogen-bond acceptors (Lipinski definition) is 5. The molecule has 0 unspecified atom stereocenters. The molecule has 3 aromatic carbocycles. The van der Waals surface area contributed by atoms with Crippen LogP contribution in [0.3, 0.4) is 0 Å². The molecule has 0 aliphatic rings. The summed E-state index contributed by atoms with van der Waals surface area (Å²) in [6.07, 6.45) is 0. The number of nitro groups is 1. The lowest BCUT2D eigenvalue weighted by molar-refractivity contribution is -0.386. The number of amides is 1. The Labute approximate surface area is 161 Å². The summed E-state index contributed by atoms with van der Waals surface area (Å²) in [5.41, 5.74) is 1.83. The van der Waals surface area contributed by atoms with E-state index in [2.05, 4.69) is 5.32 Å². The highest BCUT2D eigenvalue weighted by Crippen LogP contribution is 2.31. The van der Waals surface area contributed by atoms with E-state index in [1.54, 1.807) is 30.3 Å². The fourth-order valence-electron chi connectivity index (χ4n) is 2.53. The van der Waals surface area contributed by atoms with Crippen LogP contribution in [0.25, 0.3) is 0 Å². The number of anilines is 1. The second kappa shape index (κ2) is 8.68. The topological polar surface area (TPSA) is 90.7 Å². The molecule has 1 amide bonds. The molecule has 0 heterocycles. The lowest BCUT2D eigenvalue weighted by atomic mass is 10.1. The summed E-state index contributed by atoms with van der Waals surface area (Å²) in [5, 5.41) is 14.0. The summed E-state index contributed by atoms with van der Waals surface area (Å²) < 4.78 is 10.6. The van der Waals surface area contributed by atoms with Gasteiger partial charge in [-0.15, -0.1) is 0 Å². The van der Waals surface area contributed by atoms with Gasteiger partial charge in [0.15, 0.2) is 5.75 Å². The minimum absolute atomic E-state index is 0.133. The van der Waals surface area contributed by atoms with E-state index in [1.807, 2.05) is 30.3 Å². The van der Waals surface area contributed by atoms with E-state index in [-0.39, 0.29) is 24.0 Å². The van der Waals surface area contributed by atoms with E-state index in [0.717, 1.165) is 5.56 Å². The van der Waals surface area contributed by atoms with Crippen molar-refractivity contribution < 1.29 is 19.2 Å². The van der Waals surface area contributed by atoms with Gasteiger partial charge in [0.05, 0.1) is 18.1 Å². The summed E-state index contributed by atoms with van der Waals surface area (Å²) in [6, 6.07) is 20.4. The van der Waals surface area contributed by atoms with E-state index in [4.69, 9.17) is 9.47 Å². The van der Waals surface area contributed by atoms with Crippen molar-refractivity contribution >= 4 is 17.3 Å². The fraction of sp³-hybridized carbons (Fsp3) is 0.0952. The molecular weight excluding hydrogens is 360 g/mol. The molecule has 7 nitrogen and oxygen atoms in total. The molecule has 0 bridgehead atoms. The molecule has 142 valence electrons. The highest BCUT2D eigenvalue weighted by atomic mass is 16.6. The van der Waals surface area contributed by atoms with E-state index in [0.29, 0.717) is 17.0 Å². The lowest BCUT2D eigenvalue weighted by Gasteiger charge is -2.09. The van der Waals surface area contributed by atoms with Crippen molar-refractivity contribution in [3.63, 3.8) is 0 Å². The zero-order chi connectivity index (χ0) is 19.9. The van der Waals surface area contributed by atoms with Gasteiger partial charge in [-0.2, -0.15) is 0 Å². The first-order valence-corrected chi connectivity index (χ1v) is 8.47. The average molecular weight is 378 g/mol. The fourth-order valence-corrected chi connectivity index (χ4v) is 2.53. The number of para-hydroxylation sites is 1. The molecule has 28 heavy (non-hydrogen) atoms. The number of nitrogens with one attached hydrogen (secondary N) is 1. The zero-order valence-corrected chi connectivity index (χ0v) is 15.1. The van der Waals surface area contributed by atoms with Crippen LogP contribution in [0, 0.1) is 10.1 Å². The van der Waals surface area contributed by atoms with E-state index in [9.17, 15) is 14.9 Å². The number of rotatable bonds is 7. The first kappa shape index (κ1) is 18.9. The second-order valence-corrected chi connectivity index (χ2v) is 5.90. The number of benzene rings is 3. The SMILES string of the molecule is COc1ccc(OCc2ccc(C(=O)Nc3ccccc3)cc2)c([N+](=O)[O-])c1. The van der Waals surface area contributed by atoms with E-state index < -0.39 is 4.92 Å². The Kier molecular flexibility index (Phi) is 5.86. The molecule has 0 aliphatic heterocycles. The highest BCUT2D eigenvalue weighted by molar-refractivity contribution is 6.04. The van der Waals surface area contributed by atoms with Gasteiger partial charge in [-0.25, -0.2) is 0 Å². The third-order valence-corrected chi connectivity index (χ3v) is 4.00. The Morgan fingerprint density at radius 1 is 1.04 bits per heavy atom.